The topological polar surface area (TPSA) is 90.1 Å². The van der Waals surface area contributed by atoms with Gasteiger partial charge in [-0.3, -0.25) is 9.67 Å². The fourth-order valence-electron chi connectivity index (χ4n) is 5.51. The molecule has 0 spiro atoms. The van der Waals surface area contributed by atoms with E-state index in [1.165, 1.54) is 11.3 Å². The zero-order valence-electron chi connectivity index (χ0n) is 25.4. The molecule has 0 amide bonds. The highest BCUT2D eigenvalue weighted by Crippen LogP contribution is 2.44. The maximum absolute atomic E-state index is 12.6. The summed E-state index contributed by atoms with van der Waals surface area (Å²) in [5.41, 5.74) is 7.00. The molecule has 3 heterocycles. The van der Waals surface area contributed by atoms with Gasteiger partial charge in [-0.05, 0) is 95.1 Å². The number of benzene rings is 3. The van der Waals surface area contributed by atoms with E-state index >= 15 is 0 Å². The Bertz CT molecular complexity index is 2020. The number of fused-ring (bicyclic) bond motifs is 2. The number of aromatic nitrogens is 4. The maximum Gasteiger partial charge on any atom is 0.337 e. The third-order valence-corrected chi connectivity index (χ3v) is 8.80. The van der Waals surface area contributed by atoms with E-state index in [0.717, 1.165) is 59.6 Å². The van der Waals surface area contributed by atoms with Crippen molar-refractivity contribution in [1.82, 2.24) is 19.7 Å². The van der Waals surface area contributed by atoms with Crippen molar-refractivity contribution in [2.75, 3.05) is 0 Å². The third kappa shape index (κ3) is 5.73. The number of thiazole rings is 1. The van der Waals surface area contributed by atoms with Crippen LogP contribution >= 0.6 is 22.9 Å². The Morgan fingerprint density at radius 1 is 1.00 bits per heavy atom. The summed E-state index contributed by atoms with van der Waals surface area (Å²) in [6.07, 6.45) is 2.52. The number of pyridine rings is 1. The van der Waals surface area contributed by atoms with Crippen molar-refractivity contribution in [3.8, 4) is 33.0 Å². The number of halogens is 1. The smallest absolute Gasteiger partial charge is 0.337 e. The van der Waals surface area contributed by atoms with E-state index in [0.29, 0.717) is 10.6 Å². The van der Waals surface area contributed by atoms with Crippen molar-refractivity contribution >= 4 is 50.0 Å². The van der Waals surface area contributed by atoms with Crippen LogP contribution in [-0.2, 0) is 9.53 Å². The lowest BCUT2D eigenvalue weighted by molar-refractivity contribution is -0.160. The number of ether oxygens (including phenoxy) is 1. The zero-order valence-corrected chi connectivity index (χ0v) is 27.0. The van der Waals surface area contributed by atoms with Crippen molar-refractivity contribution in [2.45, 2.75) is 59.3 Å². The summed E-state index contributed by atoms with van der Waals surface area (Å²) >= 11 is 7.77. The highest BCUT2D eigenvalue weighted by molar-refractivity contribution is 7.22. The number of hydrogen-bond donors (Lipinski definition) is 1. The van der Waals surface area contributed by atoms with E-state index in [1.54, 1.807) is 6.20 Å². The molecule has 224 valence electrons. The van der Waals surface area contributed by atoms with Gasteiger partial charge in [0.05, 0.1) is 33.2 Å². The standard InChI is InChI=1S/C35H33ClN4O3S/c1-19(2)40-28-12-9-22(16-24(28)18-38-40)26-17-23(13-14-37-26)33-39-27-15-20(3)29(31(34(41)42)43-35(4,5)6)30(32(27)44-33)21-7-10-25(36)11-8-21/h7-19,31H,1-6H3,(H,41,42). The van der Waals surface area contributed by atoms with Gasteiger partial charge in [0.2, 0.25) is 0 Å². The van der Waals surface area contributed by atoms with Crippen LogP contribution in [0, 0.1) is 6.92 Å². The van der Waals surface area contributed by atoms with Crippen LogP contribution in [-0.4, -0.2) is 36.4 Å². The number of carbonyl (C=O) groups is 1. The summed E-state index contributed by atoms with van der Waals surface area (Å²) in [7, 11) is 0. The lowest BCUT2D eigenvalue weighted by atomic mass is 9.91. The van der Waals surface area contributed by atoms with E-state index in [9.17, 15) is 9.90 Å². The van der Waals surface area contributed by atoms with Gasteiger partial charge in [0.1, 0.15) is 5.01 Å². The first-order valence-electron chi connectivity index (χ1n) is 14.4. The first kappa shape index (κ1) is 29.9. The van der Waals surface area contributed by atoms with Crippen molar-refractivity contribution in [2.24, 2.45) is 0 Å². The number of hydrogen-bond acceptors (Lipinski definition) is 6. The van der Waals surface area contributed by atoms with Crippen molar-refractivity contribution in [3.63, 3.8) is 0 Å². The molecule has 6 rings (SSSR count). The van der Waals surface area contributed by atoms with Crippen molar-refractivity contribution < 1.29 is 14.6 Å². The molecule has 0 aliphatic rings. The molecule has 0 bridgehead atoms. The Morgan fingerprint density at radius 2 is 1.73 bits per heavy atom. The summed E-state index contributed by atoms with van der Waals surface area (Å²) in [6, 6.07) is 20.0. The number of aryl methyl sites for hydroxylation is 1. The SMILES string of the molecule is Cc1cc2nc(-c3ccnc(-c4ccc5c(cnn5C(C)C)c4)c3)sc2c(-c2ccc(Cl)cc2)c1C(OC(C)(C)C)C(=O)O. The number of rotatable bonds is 7. The monoisotopic (exact) mass is 624 g/mol. The minimum absolute atomic E-state index is 0.270. The molecule has 7 nitrogen and oxygen atoms in total. The molecular weight excluding hydrogens is 592 g/mol. The average molecular weight is 625 g/mol. The van der Waals surface area contributed by atoms with Gasteiger partial charge < -0.3 is 9.84 Å². The lowest BCUT2D eigenvalue weighted by Crippen LogP contribution is -2.28. The molecule has 0 fully saturated rings. The first-order chi connectivity index (χ1) is 20.9. The predicted molar refractivity (Wildman–Crippen MR) is 178 cm³/mol. The molecule has 3 aromatic heterocycles. The van der Waals surface area contributed by atoms with Gasteiger partial charge >= 0.3 is 5.97 Å². The van der Waals surface area contributed by atoms with Crippen LogP contribution in [0.5, 0.6) is 0 Å². The van der Waals surface area contributed by atoms with Crippen LogP contribution in [0.25, 0.3) is 54.1 Å². The minimum atomic E-state index is -1.17. The summed E-state index contributed by atoms with van der Waals surface area (Å²) in [5.74, 6) is -1.04. The molecule has 0 saturated heterocycles. The Labute approximate surface area is 265 Å². The van der Waals surface area contributed by atoms with Crippen LogP contribution in [0.4, 0.5) is 0 Å². The fourth-order valence-corrected chi connectivity index (χ4v) is 6.75. The molecule has 9 heteroatoms. The molecule has 6 aromatic rings. The first-order valence-corrected chi connectivity index (χ1v) is 15.6. The highest BCUT2D eigenvalue weighted by Gasteiger charge is 2.32. The van der Waals surface area contributed by atoms with Crippen LogP contribution in [0.2, 0.25) is 5.02 Å². The fraction of sp³-hybridized carbons (Fsp3) is 0.257. The van der Waals surface area contributed by atoms with Gasteiger partial charge in [-0.2, -0.15) is 5.10 Å². The van der Waals surface area contributed by atoms with E-state index < -0.39 is 17.7 Å². The minimum Gasteiger partial charge on any atom is -0.479 e. The average Bonchev–Trinajstić information content (AvgIpc) is 3.59. The lowest BCUT2D eigenvalue weighted by Gasteiger charge is -2.28. The molecule has 0 radical (unpaired) electrons. The van der Waals surface area contributed by atoms with Gasteiger partial charge in [0, 0.05) is 44.9 Å². The summed E-state index contributed by atoms with van der Waals surface area (Å²) < 4.78 is 9.04. The Morgan fingerprint density at radius 3 is 2.41 bits per heavy atom. The van der Waals surface area contributed by atoms with Gasteiger partial charge in [-0.1, -0.05) is 29.8 Å². The van der Waals surface area contributed by atoms with Crippen LogP contribution in [0.3, 0.4) is 0 Å². The second-order valence-corrected chi connectivity index (χ2v) is 13.6. The van der Waals surface area contributed by atoms with Crippen LogP contribution in [0.1, 0.15) is 57.9 Å². The quantitative estimate of drug-likeness (QED) is 0.190. The number of aliphatic carboxylic acids is 1. The number of nitrogens with zero attached hydrogens (tertiary/aromatic N) is 4. The van der Waals surface area contributed by atoms with Gasteiger partial charge in [-0.25, -0.2) is 9.78 Å². The number of carboxylic acids is 1. The van der Waals surface area contributed by atoms with Crippen molar-refractivity contribution in [1.29, 1.82) is 0 Å². The van der Waals surface area contributed by atoms with E-state index in [-0.39, 0.29) is 6.04 Å². The summed E-state index contributed by atoms with van der Waals surface area (Å²) in [6.45, 7) is 11.7. The normalized spacial score (nSPS) is 12.8. The maximum atomic E-state index is 12.6. The molecule has 44 heavy (non-hydrogen) atoms. The zero-order chi connectivity index (χ0) is 31.3. The van der Waals surface area contributed by atoms with E-state index in [2.05, 4.69) is 42.1 Å². The van der Waals surface area contributed by atoms with Gasteiger partial charge in [0.15, 0.2) is 6.10 Å². The predicted octanol–water partition coefficient (Wildman–Crippen LogP) is 9.53. The Kier molecular flexibility index (Phi) is 7.78. The van der Waals surface area contributed by atoms with E-state index in [1.807, 2.05) is 81.0 Å². The second-order valence-electron chi connectivity index (χ2n) is 12.2. The molecule has 1 N–H and O–H groups in total. The van der Waals surface area contributed by atoms with Crippen molar-refractivity contribution in [3.05, 3.63) is 89.2 Å². The molecule has 0 aliphatic heterocycles. The largest absolute Gasteiger partial charge is 0.479 e. The van der Waals surface area contributed by atoms with Crippen LogP contribution < -0.4 is 0 Å². The molecule has 3 aromatic carbocycles. The second kappa shape index (κ2) is 11.4. The summed E-state index contributed by atoms with van der Waals surface area (Å²) in [4.78, 5) is 22.4. The van der Waals surface area contributed by atoms with Crippen LogP contribution in [0.15, 0.2) is 73.1 Å². The third-order valence-electron chi connectivity index (χ3n) is 7.41. The van der Waals surface area contributed by atoms with Gasteiger partial charge in [-0.15, -0.1) is 11.3 Å². The summed E-state index contributed by atoms with van der Waals surface area (Å²) in [5, 5.41) is 17.4. The van der Waals surface area contributed by atoms with E-state index in [4.69, 9.17) is 21.3 Å². The Hall–Kier alpha value is -4.11. The molecule has 0 saturated carbocycles. The molecule has 1 unspecified atom stereocenters. The number of carboxylic acid groups (broad SMARTS) is 1. The molecule has 0 aliphatic carbocycles. The Balaban J connectivity index is 1.50. The molecule has 1 atom stereocenters. The van der Waals surface area contributed by atoms with Gasteiger partial charge in [0.25, 0.3) is 0 Å². The highest BCUT2D eigenvalue weighted by atomic mass is 35.5. The molecular formula is C35H33ClN4O3S.